The molecule has 0 aromatic rings. The third-order valence-corrected chi connectivity index (χ3v) is 4.95. The van der Waals surface area contributed by atoms with E-state index in [0.717, 1.165) is 32.7 Å². The summed E-state index contributed by atoms with van der Waals surface area (Å²) in [5, 5.41) is 6.54. The standard InChI is InChI=1S/C15H29N3O/c1-14(2,18-10-8-16-9-11-18)13(19)17-12-15(3)6-4-5-7-15/h16H,4-12H2,1-3H3,(H,17,19). The molecule has 4 nitrogen and oxygen atoms in total. The van der Waals surface area contributed by atoms with Crippen LogP contribution in [0.25, 0.3) is 0 Å². The molecule has 1 heterocycles. The van der Waals surface area contributed by atoms with Crippen molar-refractivity contribution in [2.45, 2.75) is 52.0 Å². The van der Waals surface area contributed by atoms with Gasteiger partial charge in [-0.3, -0.25) is 9.69 Å². The maximum absolute atomic E-state index is 12.5. The highest BCUT2D eigenvalue weighted by molar-refractivity contribution is 5.85. The van der Waals surface area contributed by atoms with Crippen molar-refractivity contribution in [3.8, 4) is 0 Å². The first kappa shape index (κ1) is 14.8. The SMILES string of the molecule is CC1(CNC(=O)C(C)(C)N2CCNCC2)CCCC1. The molecule has 1 amide bonds. The summed E-state index contributed by atoms with van der Waals surface area (Å²) in [6.45, 7) is 11.1. The van der Waals surface area contributed by atoms with Gasteiger partial charge in [0.2, 0.25) is 5.91 Å². The lowest BCUT2D eigenvalue weighted by molar-refractivity contribution is -0.132. The summed E-state index contributed by atoms with van der Waals surface area (Å²) >= 11 is 0. The minimum absolute atomic E-state index is 0.183. The number of amides is 1. The van der Waals surface area contributed by atoms with Gasteiger partial charge in [0.25, 0.3) is 0 Å². The van der Waals surface area contributed by atoms with Crippen LogP contribution >= 0.6 is 0 Å². The largest absolute Gasteiger partial charge is 0.354 e. The summed E-state index contributed by atoms with van der Waals surface area (Å²) in [5.74, 6) is 0.183. The van der Waals surface area contributed by atoms with Crippen LogP contribution in [0.5, 0.6) is 0 Å². The van der Waals surface area contributed by atoms with E-state index < -0.39 is 5.54 Å². The Morgan fingerprint density at radius 3 is 2.42 bits per heavy atom. The molecule has 1 aliphatic carbocycles. The van der Waals surface area contributed by atoms with Gasteiger partial charge in [-0.15, -0.1) is 0 Å². The quantitative estimate of drug-likeness (QED) is 0.808. The van der Waals surface area contributed by atoms with Crippen LogP contribution in [-0.2, 0) is 4.79 Å². The van der Waals surface area contributed by atoms with E-state index >= 15 is 0 Å². The van der Waals surface area contributed by atoms with Crippen LogP contribution in [0, 0.1) is 5.41 Å². The van der Waals surface area contributed by atoms with Crippen molar-refractivity contribution in [1.82, 2.24) is 15.5 Å². The van der Waals surface area contributed by atoms with Gasteiger partial charge in [-0.2, -0.15) is 0 Å². The number of nitrogens with one attached hydrogen (secondary N) is 2. The van der Waals surface area contributed by atoms with Crippen molar-refractivity contribution >= 4 is 5.91 Å². The van der Waals surface area contributed by atoms with E-state index in [2.05, 4.69) is 22.5 Å². The zero-order chi connectivity index (χ0) is 13.9. The van der Waals surface area contributed by atoms with Crippen LogP contribution in [0.4, 0.5) is 0 Å². The fourth-order valence-electron chi connectivity index (χ4n) is 3.28. The lowest BCUT2D eigenvalue weighted by Crippen LogP contribution is -2.60. The number of piperazine rings is 1. The van der Waals surface area contributed by atoms with Gasteiger partial charge in [-0.05, 0) is 32.1 Å². The fourth-order valence-corrected chi connectivity index (χ4v) is 3.28. The second-order valence-electron chi connectivity index (χ2n) is 7.00. The third-order valence-electron chi connectivity index (χ3n) is 4.95. The van der Waals surface area contributed by atoms with Crippen molar-refractivity contribution in [3.63, 3.8) is 0 Å². The molecule has 0 bridgehead atoms. The average molecular weight is 267 g/mol. The number of hydrogen-bond acceptors (Lipinski definition) is 3. The predicted molar refractivity (Wildman–Crippen MR) is 78.1 cm³/mol. The Morgan fingerprint density at radius 2 is 1.84 bits per heavy atom. The van der Waals surface area contributed by atoms with Gasteiger partial charge in [0.15, 0.2) is 0 Å². The van der Waals surface area contributed by atoms with E-state index in [1.165, 1.54) is 25.7 Å². The monoisotopic (exact) mass is 267 g/mol. The van der Waals surface area contributed by atoms with Gasteiger partial charge in [0.05, 0.1) is 5.54 Å². The molecule has 4 heteroatoms. The molecule has 2 fully saturated rings. The van der Waals surface area contributed by atoms with Gasteiger partial charge in [-0.1, -0.05) is 19.8 Å². The highest BCUT2D eigenvalue weighted by Gasteiger charge is 2.36. The zero-order valence-corrected chi connectivity index (χ0v) is 12.7. The molecule has 2 rings (SSSR count). The number of rotatable bonds is 4. The summed E-state index contributed by atoms with van der Waals surface area (Å²) in [6.07, 6.45) is 5.13. The summed E-state index contributed by atoms with van der Waals surface area (Å²) in [4.78, 5) is 14.8. The van der Waals surface area contributed by atoms with Crippen molar-refractivity contribution < 1.29 is 4.79 Å². The molecule has 110 valence electrons. The Hall–Kier alpha value is -0.610. The predicted octanol–water partition coefficient (Wildman–Crippen LogP) is 1.37. The molecule has 0 atom stereocenters. The zero-order valence-electron chi connectivity index (χ0n) is 12.7. The first-order valence-electron chi connectivity index (χ1n) is 7.68. The Kier molecular flexibility index (Phi) is 4.51. The number of carbonyl (C=O) groups is 1. The van der Waals surface area contributed by atoms with E-state index in [4.69, 9.17) is 0 Å². The molecular formula is C15H29N3O. The van der Waals surface area contributed by atoms with E-state index in [1.807, 2.05) is 13.8 Å². The minimum Gasteiger partial charge on any atom is -0.354 e. The normalized spacial score (nSPS) is 24.4. The molecule has 2 N–H and O–H groups in total. The van der Waals surface area contributed by atoms with Crippen molar-refractivity contribution in [2.24, 2.45) is 5.41 Å². The lowest BCUT2D eigenvalue weighted by atomic mass is 9.88. The summed E-state index contributed by atoms with van der Waals surface area (Å²) in [6, 6.07) is 0. The molecule has 0 spiro atoms. The average Bonchev–Trinajstić information content (AvgIpc) is 2.84. The highest BCUT2D eigenvalue weighted by Crippen LogP contribution is 2.36. The van der Waals surface area contributed by atoms with Crippen LogP contribution in [0.15, 0.2) is 0 Å². The van der Waals surface area contributed by atoms with Crippen LogP contribution < -0.4 is 10.6 Å². The molecule has 19 heavy (non-hydrogen) atoms. The molecule has 0 unspecified atom stereocenters. The van der Waals surface area contributed by atoms with Crippen LogP contribution in [-0.4, -0.2) is 49.1 Å². The smallest absolute Gasteiger partial charge is 0.239 e. The Labute approximate surface area is 117 Å². The van der Waals surface area contributed by atoms with Crippen molar-refractivity contribution in [2.75, 3.05) is 32.7 Å². The number of hydrogen-bond donors (Lipinski definition) is 2. The number of carbonyl (C=O) groups excluding carboxylic acids is 1. The van der Waals surface area contributed by atoms with Crippen molar-refractivity contribution in [1.29, 1.82) is 0 Å². The molecule has 0 radical (unpaired) electrons. The molecule has 1 saturated heterocycles. The Morgan fingerprint density at radius 1 is 1.26 bits per heavy atom. The van der Waals surface area contributed by atoms with E-state index in [0.29, 0.717) is 5.41 Å². The summed E-state index contributed by atoms with van der Waals surface area (Å²) < 4.78 is 0. The third kappa shape index (κ3) is 3.48. The summed E-state index contributed by atoms with van der Waals surface area (Å²) in [7, 11) is 0. The second-order valence-corrected chi connectivity index (χ2v) is 7.00. The van der Waals surface area contributed by atoms with Gasteiger partial charge >= 0.3 is 0 Å². The van der Waals surface area contributed by atoms with Gasteiger partial charge < -0.3 is 10.6 Å². The maximum Gasteiger partial charge on any atom is 0.239 e. The molecular weight excluding hydrogens is 238 g/mol. The molecule has 1 aliphatic heterocycles. The van der Waals surface area contributed by atoms with E-state index in [1.54, 1.807) is 0 Å². The van der Waals surface area contributed by atoms with Gasteiger partial charge in [0, 0.05) is 32.7 Å². The Balaban J connectivity index is 1.86. The highest BCUT2D eigenvalue weighted by atomic mass is 16.2. The van der Waals surface area contributed by atoms with Gasteiger partial charge in [0.1, 0.15) is 0 Å². The topological polar surface area (TPSA) is 44.4 Å². The fraction of sp³-hybridized carbons (Fsp3) is 0.933. The molecule has 0 aromatic heterocycles. The number of nitrogens with zero attached hydrogens (tertiary/aromatic N) is 1. The first-order chi connectivity index (χ1) is 8.94. The first-order valence-corrected chi connectivity index (χ1v) is 7.68. The molecule has 1 saturated carbocycles. The van der Waals surface area contributed by atoms with Gasteiger partial charge in [-0.25, -0.2) is 0 Å². The van der Waals surface area contributed by atoms with Crippen LogP contribution in [0.1, 0.15) is 46.5 Å². The maximum atomic E-state index is 12.5. The lowest BCUT2D eigenvalue weighted by Gasteiger charge is -2.40. The van der Waals surface area contributed by atoms with E-state index in [-0.39, 0.29) is 5.91 Å². The molecule has 0 aromatic carbocycles. The van der Waals surface area contributed by atoms with Crippen molar-refractivity contribution in [3.05, 3.63) is 0 Å². The summed E-state index contributed by atoms with van der Waals surface area (Å²) in [5.41, 5.74) is -0.0632. The minimum atomic E-state index is -0.392. The molecule has 2 aliphatic rings. The van der Waals surface area contributed by atoms with Crippen LogP contribution in [0.2, 0.25) is 0 Å². The van der Waals surface area contributed by atoms with E-state index in [9.17, 15) is 4.79 Å². The van der Waals surface area contributed by atoms with Crippen LogP contribution in [0.3, 0.4) is 0 Å². The second kappa shape index (κ2) is 5.80. The Bertz CT molecular complexity index is 315.